The van der Waals surface area contributed by atoms with Gasteiger partial charge in [0, 0.05) is 28.7 Å². The van der Waals surface area contributed by atoms with Gasteiger partial charge in [-0.1, -0.05) is 6.07 Å². The van der Waals surface area contributed by atoms with Crippen LogP contribution in [0.15, 0.2) is 36.4 Å². The lowest BCUT2D eigenvalue weighted by atomic mass is 10.1. The second kappa shape index (κ2) is 6.35. The summed E-state index contributed by atoms with van der Waals surface area (Å²) in [7, 11) is 0. The molecule has 0 saturated heterocycles. The lowest BCUT2D eigenvalue weighted by molar-refractivity contribution is -0.384. The fourth-order valence-electron chi connectivity index (χ4n) is 2.80. The van der Waals surface area contributed by atoms with E-state index in [9.17, 15) is 19.3 Å². The largest absolute Gasteiger partial charge is 0.358 e. The first-order valence-electron chi connectivity index (χ1n) is 7.67. The highest BCUT2D eigenvalue weighted by Crippen LogP contribution is 2.25. The number of rotatable bonds is 4. The fourth-order valence-corrected chi connectivity index (χ4v) is 2.80. The van der Waals surface area contributed by atoms with Gasteiger partial charge in [0.1, 0.15) is 5.82 Å². The zero-order chi connectivity index (χ0) is 18.1. The number of hydrogen-bond donors (Lipinski definition) is 2. The van der Waals surface area contributed by atoms with Crippen LogP contribution in [0.25, 0.3) is 10.9 Å². The van der Waals surface area contributed by atoms with Crippen molar-refractivity contribution in [3.8, 4) is 0 Å². The third kappa shape index (κ3) is 3.35. The van der Waals surface area contributed by atoms with Crippen molar-refractivity contribution in [3.63, 3.8) is 0 Å². The number of fused-ring (bicyclic) bond motifs is 1. The number of nitrogens with zero attached hydrogens (tertiary/aromatic N) is 1. The zero-order valence-corrected chi connectivity index (χ0v) is 13.7. The molecule has 0 unspecified atom stereocenters. The van der Waals surface area contributed by atoms with Crippen LogP contribution < -0.4 is 5.32 Å². The number of non-ortho nitro benzene ring substituents is 1. The summed E-state index contributed by atoms with van der Waals surface area (Å²) < 4.78 is 13.5. The van der Waals surface area contributed by atoms with Crippen molar-refractivity contribution in [3.05, 3.63) is 69.2 Å². The van der Waals surface area contributed by atoms with Crippen LogP contribution in [-0.2, 0) is 11.2 Å². The summed E-state index contributed by atoms with van der Waals surface area (Å²) in [5, 5.41) is 14.2. The van der Waals surface area contributed by atoms with Crippen LogP contribution in [0.1, 0.15) is 16.8 Å². The molecule has 25 heavy (non-hydrogen) atoms. The number of nitrogens with one attached hydrogen (secondary N) is 2. The van der Waals surface area contributed by atoms with Gasteiger partial charge in [0.15, 0.2) is 0 Å². The molecule has 0 aliphatic carbocycles. The van der Waals surface area contributed by atoms with Crippen molar-refractivity contribution >= 4 is 28.2 Å². The number of carbonyl (C=O) groups is 1. The van der Waals surface area contributed by atoms with Crippen molar-refractivity contribution in [2.45, 2.75) is 20.3 Å². The first kappa shape index (κ1) is 16.6. The van der Waals surface area contributed by atoms with E-state index in [-0.39, 0.29) is 23.8 Å². The Kier molecular flexibility index (Phi) is 4.22. The van der Waals surface area contributed by atoms with Crippen LogP contribution in [0.5, 0.6) is 0 Å². The standard InChI is InChI=1S/C18H16FN3O3/c1-10-3-5-13(22(24)25)8-17(10)21-18(23)9-14-11(2)20-16-6-4-12(19)7-15(14)16/h3-8,20H,9H2,1-2H3,(H,21,23). The monoisotopic (exact) mass is 341 g/mol. The summed E-state index contributed by atoms with van der Waals surface area (Å²) >= 11 is 0. The number of nitro benzene ring substituents is 1. The molecule has 0 spiro atoms. The van der Waals surface area contributed by atoms with Crippen LogP contribution in [0.2, 0.25) is 0 Å². The number of hydrogen-bond acceptors (Lipinski definition) is 3. The second-order valence-corrected chi connectivity index (χ2v) is 5.90. The molecule has 0 fully saturated rings. The number of nitro groups is 1. The van der Waals surface area contributed by atoms with Gasteiger partial charge in [-0.25, -0.2) is 4.39 Å². The van der Waals surface area contributed by atoms with Crippen LogP contribution >= 0.6 is 0 Å². The van der Waals surface area contributed by atoms with Crippen molar-refractivity contribution in [2.75, 3.05) is 5.32 Å². The summed E-state index contributed by atoms with van der Waals surface area (Å²) in [5.41, 5.74) is 3.27. The lowest BCUT2D eigenvalue weighted by Gasteiger charge is -2.08. The van der Waals surface area contributed by atoms with Gasteiger partial charge in [0.2, 0.25) is 5.91 Å². The van der Waals surface area contributed by atoms with E-state index >= 15 is 0 Å². The minimum atomic E-state index is -0.512. The van der Waals surface area contributed by atoms with Crippen molar-refractivity contribution in [2.24, 2.45) is 0 Å². The van der Waals surface area contributed by atoms with Crippen LogP contribution in [-0.4, -0.2) is 15.8 Å². The number of carbonyl (C=O) groups excluding carboxylic acids is 1. The molecule has 0 atom stereocenters. The number of halogens is 1. The fraction of sp³-hybridized carbons (Fsp3) is 0.167. The maximum Gasteiger partial charge on any atom is 0.271 e. The Hall–Kier alpha value is -3.22. The first-order valence-corrected chi connectivity index (χ1v) is 7.67. The number of benzene rings is 2. The Balaban J connectivity index is 1.86. The quantitative estimate of drug-likeness (QED) is 0.555. The molecule has 0 bridgehead atoms. The summed E-state index contributed by atoms with van der Waals surface area (Å²) in [6.45, 7) is 3.57. The van der Waals surface area contributed by atoms with Gasteiger partial charge in [0.25, 0.3) is 5.69 Å². The molecule has 0 aliphatic heterocycles. The molecule has 1 aromatic heterocycles. The summed E-state index contributed by atoms with van der Waals surface area (Å²) in [6, 6.07) is 8.67. The van der Waals surface area contributed by atoms with Crippen molar-refractivity contribution in [1.82, 2.24) is 4.98 Å². The Morgan fingerprint density at radius 1 is 1.24 bits per heavy atom. The molecule has 2 N–H and O–H groups in total. The Morgan fingerprint density at radius 2 is 2.00 bits per heavy atom. The molecule has 1 heterocycles. The summed E-state index contributed by atoms with van der Waals surface area (Å²) in [6.07, 6.45) is 0.0391. The Morgan fingerprint density at radius 3 is 2.72 bits per heavy atom. The third-order valence-electron chi connectivity index (χ3n) is 4.12. The van der Waals surface area contributed by atoms with E-state index in [1.807, 2.05) is 6.92 Å². The lowest BCUT2D eigenvalue weighted by Crippen LogP contribution is -2.15. The number of aromatic nitrogens is 1. The Bertz CT molecular complexity index is 995. The highest BCUT2D eigenvalue weighted by Gasteiger charge is 2.15. The molecular formula is C18H16FN3O3. The van der Waals surface area contributed by atoms with Gasteiger partial charge in [0.05, 0.1) is 17.0 Å². The predicted octanol–water partition coefficient (Wildman–Crippen LogP) is 4.01. The average molecular weight is 341 g/mol. The maximum atomic E-state index is 13.5. The normalized spacial score (nSPS) is 10.8. The number of aryl methyl sites for hydroxylation is 2. The van der Waals surface area contributed by atoms with Crippen LogP contribution in [0, 0.1) is 29.8 Å². The summed E-state index contributed by atoms with van der Waals surface area (Å²) in [4.78, 5) is 25.9. The molecule has 0 aliphatic rings. The van der Waals surface area contributed by atoms with E-state index in [0.717, 1.165) is 16.8 Å². The van der Waals surface area contributed by atoms with Gasteiger partial charge in [-0.3, -0.25) is 14.9 Å². The molecule has 128 valence electrons. The molecule has 1 amide bonds. The average Bonchev–Trinajstić information content (AvgIpc) is 2.85. The highest BCUT2D eigenvalue weighted by molar-refractivity contribution is 5.97. The van der Waals surface area contributed by atoms with Gasteiger partial charge in [-0.15, -0.1) is 0 Å². The minimum absolute atomic E-state index is 0.0391. The topological polar surface area (TPSA) is 88.0 Å². The minimum Gasteiger partial charge on any atom is -0.358 e. The van der Waals surface area contributed by atoms with Gasteiger partial charge in [-0.2, -0.15) is 0 Å². The number of aromatic amines is 1. The number of H-pyrrole nitrogens is 1. The molecule has 6 nitrogen and oxygen atoms in total. The van der Waals surface area contributed by atoms with E-state index in [0.29, 0.717) is 16.6 Å². The Labute approximate surface area is 142 Å². The molecular weight excluding hydrogens is 325 g/mol. The van der Waals surface area contributed by atoms with E-state index in [2.05, 4.69) is 10.3 Å². The van der Waals surface area contributed by atoms with Crippen LogP contribution in [0.4, 0.5) is 15.8 Å². The molecule has 0 radical (unpaired) electrons. The SMILES string of the molecule is Cc1ccc([N+](=O)[O-])cc1NC(=O)Cc1c(C)[nH]c2ccc(F)cc12. The maximum absolute atomic E-state index is 13.5. The van der Waals surface area contributed by atoms with Crippen molar-refractivity contribution < 1.29 is 14.1 Å². The van der Waals surface area contributed by atoms with Crippen molar-refractivity contribution in [1.29, 1.82) is 0 Å². The molecule has 7 heteroatoms. The zero-order valence-electron chi connectivity index (χ0n) is 13.7. The third-order valence-corrected chi connectivity index (χ3v) is 4.12. The number of anilines is 1. The predicted molar refractivity (Wildman–Crippen MR) is 93.2 cm³/mol. The molecule has 2 aromatic carbocycles. The van der Waals surface area contributed by atoms with E-state index in [1.54, 1.807) is 19.1 Å². The van der Waals surface area contributed by atoms with Crippen LogP contribution in [0.3, 0.4) is 0 Å². The molecule has 3 aromatic rings. The van der Waals surface area contributed by atoms with Gasteiger partial charge >= 0.3 is 0 Å². The summed E-state index contributed by atoms with van der Waals surface area (Å²) in [5.74, 6) is -0.695. The molecule has 3 rings (SSSR count). The van der Waals surface area contributed by atoms with E-state index < -0.39 is 4.92 Å². The van der Waals surface area contributed by atoms with E-state index in [1.165, 1.54) is 24.3 Å². The first-order chi connectivity index (χ1) is 11.8. The number of amides is 1. The van der Waals surface area contributed by atoms with Gasteiger partial charge in [-0.05, 0) is 43.2 Å². The smallest absolute Gasteiger partial charge is 0.271 e. The second-order valence-electron chi connectivity index (χ2n) is 5.90. The van der Waals surface area contributed by atoms with E-state index in [4.69, 9.17) is 0 Å². The molecule has 0 saturated carbocycles. The van der Waals surface area contributed by atoms with Gasteiger partial charge < -0.3 is 10.3 Å². The highest BCUT2D eigenvalue weighted by atomic mass is 19.1.